The van der Waals surface area contributed by atoms with Crippen molar-refractivity contribution in [2.24, 2.45) is 0 Å². The minimum absolute atomic E-state index is 0.616. The Labute approximate surface area is 106 Å². The van der Waals surface area contributed by atoms with E-state index in [2.05, 4.69) is 25.1 Å². The second-order valence-electron chi connectivity index (χ2n) is 4.35. The molecule has 1 aromatic heterocycles. The van der Waals surface area contributed by atoms with Gasteiger partial charge in [0, 0.05) is 9.48 Å². The van der Waals surface area contributed by atoms with Crippen LogP contribution in [0, 0.1) is 0 Å². The Hall–Kier alpha value is -0.835. The number of hydrogen-bond acceptors (Lipinski definition) is 3. The van der Waals surface area contributed by atoms with Crippen LogP contribution in [-0.2, 0) is 6.42 Å². The van der Waals surface area contributed by atoms with Gasteiger partial charge >= 0.3 is 7.12 Å². The summed E-state index contributed by atoms with van der Waals surface area (Å²) >= 11 is 1.46. The zero-order chi connectivity index (χ0) is 12.3. The molecule has 2 rings (SSSR count). The largest absolute Gasteiger partial charge is 0.499 e. The van der Waals surface area contributed by atoms with E-state index < -0.39 is 7.12 Å². The van der Waals surface area contributed by atoms with E-state index in [1.807, 2.05) is 6.07 Å². The minimum atomic E-state index is -1.35. The Morgan fingerprint density at radius 1 is 1.18 bits per heavy atom. The maximum absolute atomic E-state index is 9.13. The van der Waals surface area contributed by atoms with Gasteiger partial charge in [-0.15, -0.1) is 11.3 Å². The molecule has 1 aromatic carbocycles. The molecule has 2 N–H and O–H groups in total. The molecule has 0 amide bonds. The fourth-order valence-corrected chi connectivity index (χ4v) is 2.96. The van der Waals surface area contributed by atoms with E-state index in [0.717, 1.165) is 16.5 Å². The van der Waals surface area contributed by atoms with Crippen molar-refractivity contribution in [1.82, 2.24) is 0 Å². The number of unbranched alkanes of at least 4 members (excludes halogenated alkanes) is 2. The van der Waals surface area contributed by atoms with E-state index in [9.17, 15) is 0 Å². The van der Waals surface area contributed by atoms with Crippen LogP contribution in [0.2, 0.25) is 0 Å². The standard InChI is InChI=1S/C13H17BO2S/c1-2-3-4-5-10-6-7-11-9-13(14(15)16)17-12(11)8-10/h6-9,15-16H,2-5H2,1H3. The van der Waals surface area contributed by atoms with Gasteiger partial charge in [0.15, 0.2) is 0 Å². The Kier molecular flexibility index (Phi) is 4.21. The summed E-state index contributed by atoms with van der Waals surface area (Å²) in [7, 11) is -1.35. The van der Waals surface area contributed by atoms with Crippen molar-refractivity contribution >= 4 is 33.3 Å². The zero-order valence-electron chi connectivity index (χ0n) is 10.0. The van der Waals surface area contributed by atoms with Crippen LogP contribution in [0.4, 0.5) is 0 Å². The molecule has 0 aliphatic rings. The van der Waals surface area contributed by atoms with E-state index in [0.29, 0.717) is 4.78 Å². The summed E-state index contributed by atoms with van der Waals surface area (Å²) in [5.41, 5.74) is 1.34. The topological polar surface area (TPSA) is 40.5 Å². The molecular weight excluding hydrogens is 231 g/mol. The number of rotatable bonds is 5. The lowest BCUT2D eigenvalue weighted by Gasteiger charge is -2.00. The van der Waals surface area contributed by atoms with Gasteiger partial charge in [-0.25, -0.2) is 0 Å². The molecule has 0 aliphatic carbocycles. The van der Waals surface area contributed by atoms with Crippen LogP contribution in [0.25, 0.3) is 10.1 Å². The molecule has 1 heterocycles. The molecule has 0 spiro atoms. The van der Waals surface area contributed by atoms with E-state index in [1.165, 1.54) is 36.2 Å². The van der Waals surface area contributed by atoms with Crippen molar-refractivity contribution in [3.8, 4) is 0 Å². The molecule has 17 heavy (non-hydrogen) atoms. The maximum Gasteiger partial charge on any atom is 0.499 e. The summed E-state index contributed by atoms with van der Waals surface area (Å²) in [6, 6.07) is 8.22. The molecule has 0 saturated carbocycles. The monoisotopic (exact) mass is 248 g/mol. The number of fused-ring (bicyclic) bond motifs is 1. The molecule has 90 valence electrons. The molecule has 0 saturated heterocycles. The molecule has 0 aliphatic heterocycles. The van der Waals surface area contributed by atoms with Gasteiger partial charge in [-0.2, -0.15) is 0 Å². The van der Waals surface area contributed by atoms with Crippen molar-refractivity contribution < 1.29 is 10.0 Å². The van der Waals surface area contributed by atoms with Crippen molar-refractivity contribution in [2.45, 2.75) is 32.6 Å². The summed E-state index contributed by atoms with van der Waals surface area (Å²) in [5, 5.41) is 19.4. The van der Waals surface area contributed by atoms with Crippen molar-refractivity contribution in [3.63, 3.8) is 0 Å². The number of aryl methyl sites for hydroxylation is 1. The normalized spacial score (nSPS) is 11.0. The predicted molar refractivity (Wildman–Crippen MR) is 74.9 cm³/mol. The Morgan fingerprint density at radius 3 is 2.71 bits per heavy atom. The number of thiophene rings is 1. The average Bonchev–Trinajstić information content (AvgIpc) is 2.72. The average molecular weight is 248 g/mol. The van der Waals surface area contributed by atoms with Crippen LogP contribution < -0.4 is 4.78 Å². The van der Waals surface area contributed by atoms with Crippen LogP contribution in [0.3, 0.4) is 0 Å². The third-order valence-corrected chi connectivity index (χ3v) is 4.06. The fraction of sp³-hybridized carbons (Fsp3) is 0.385. The van der Waals surface area contributed by atoms with Gasteiger partial charge in [-0.05, 0) is 35.9 Å². The second-order valence-corrected chi connectivity index (χ2v) is 5.47. The molecule has 0 atom stereocenters. The van der Waals surface area contributed by atoms with Crippen LogP contribution in [0.1, 0.15) is 31.7 Å². The van der Waals surface area contributed by atoms with E-state index in [-0.39, 0.29) is 0 Å². The minimum Gasteiger partial charge on any atom is -0.423 e. The molecule has 2 aromatic rings. The van der Waals surface area contributed by atoms with Gasteiger partial charge in [-0.3, -0.25) is 0 Å². The molecule has 4 heteroatoms. The summed E-state index contributed by atoms with van der Waals surface area (Å²) < 4.78 is 1.76. The highest BCUT2D eigenvalue weighted by molar-refractivity contribution is 7.27. The lowest BCUT2D eigenvalue weighted by Crippen LogP contribution is -2.26. The van der Waals surface area contributed by atoms with Gasteiger partial charge in [0.1, 0.15) is 0 Å². The smallest absolute Gasteiger partial charge is 0.423 e. The Morgan fingerprint density at radius 2 is 2.00 bits per heavy atom. The molecule has 0 fully saturated rings. The summed E-state index contributed by atoms with van der Waals surface area (Å²) in [6.07, 6.45) is 4.84. The van der Waals surface area contributed by atoms with E-state index >= 15 is 0 Å². The number of benzene rings is 1. The summed E-state index contributed by atoms with van der Waals surface area (Å²) in [6.45, 7) is 2.21. The lowest BCUT2D eigenvalue weighted by atomic mass is 9.89. The third kappa shape index (κ3) is 3.09. The van der Waals surface area contributed by atoms with Gasteiger partial charge in [-0.1, -0.05) is 31.9 Å². The maximum atomic E-state index is 9.13. The van der Waals surface area contributed by atoms with Gasteiger partial charge in [0.05, 0.1) is 0 Å². The Balaban J connectivity index is 2.18. The highest BCUT2D eigenvalue weighted by Crippen LogP contribution is 2.21. The first-order valence-electron chi connectivity index (χ1n) is 6.09. The summed E-state index contributed by atoms with van der Waals surface area (Å²) in [4.78, 5) is 0. The van der Waals surface area contributed by atoms with Crippen molar-refractivity contribution in [2.75, 3.05) is 0 Å². The van der Waals surface area contributed by atoms with Crippen LogP contribution >= 0.6 is 11.3 Å². The Bertz CT molecular complexity index is 493. The first-order valence-corrected chi connectivity index (χ1v) is 6.91. The lowest BCUT2D eigenvalue weighted by molar-refractivity contribution is 0.427. The molecule has 0 bridgehead atoms. The third-order valence-electron chi connectivity index (χ3n) is 2.93. The fourth-order valence-electron chi connectivity index (χ4n) is 1.96. The van der Waals surface area contributed by atoms with Crippen LogP contribution in [0.5, 0.6) is 0 Å². The molecule has 0 unspecified atom stereocenters. The first kappa shape index (κ1) is 12.6. The van der Waals surface area contributed by atoms with Gasteiger partial charge in [0.2, 0.25) is 0 Å². The SMILES string of the molecule is CCCCCc1ccc2cc(B(O)O)sc2c1. The van der Waals surface area contributed by atoms with E-state index in [4.69, 9.17) is 10.0 Å². The van der Waals surface area contributed by atoms with Crippen molar-refractivity contribution in [3.05, 3.63) is 29.8 Å². The highest BCUT2D eigenvalue weighted by Gasteiger charge is 2.14. The molecule has 2 nitrogen and oxygen atoms in total. The highest BCUT2D eigenvalue weighted by atomic mass is 32.1. The van der Waals surface area contributed by atoms with Gasteiger partial charge in [0.25, 0.3) is 0 Å². The quantitative estimate of drug-likeness (QED) is 0.629. The second kappa shape index (κ2) is 5.67. The van der Waals surface area contributed by atoms with Gasteiger partial charge < -0.3 is 10.0 Å². The molecular formula is C13H17BO2S. The summed E-state index contributed by atoms with van der Waals surface area (Å²) in [5.74, 6) is 0. The van der Waals surface area contributed by atoms with Crippen molar-refractivity contribution in [1.29, 1.82) is 0 Å². The van der Waals surface area contributed by atoms with E-state index in [1.54, 1.807) is 0 Å². The number of hydrogen-bond donors (Lipinski definition) is 2. The first-order chi connectivity index (χ1) is 8.20. The van der Waals surface area contributed by atoms with Crippen LogP contribution in [-0.4, -0.2) is 17.2 Å². The van der Waals surface area contributed by atoms with Crippen LogP contribution in [0.15, 0.2) is 24.3 Å². The molecule has 0 radical (unpaired) electrons. The zero-order valence-corrected chi connectivity index (χ0v) is 10.8. The predicted octanol–water partition coefficient (Wildman–Crippen LogP) is 2.31.